The van der Waals surface area contributed by atoms with E-state index < -0.39 is 15.6 Å². The molecule has 7 heteroatoms. The topological polar surface area (TPSA) is 86.7 Å². The van der Waals surface area contributed by atoms with Gasteiger partial charge < -0.3 is 10.4 Å². The van der Waals surface area contributed by atoms with Crippen LogP contribution in [0.2, 0.25) is 0 Å². The van der Waals surface area contributed by atoms with Gasteiger partial charge in [0, 0.05) is 13.1 Å². The van der Waals surface area contributed by atoms with Crippen LogP contribution in [0.5, 0.6) is 5.75 Å². The highest BCUT2D eigenvalue weighted by molar-refractivity contribution is 7.89. The molecule has 1 aromatic carbocycles. The van der Waals surface area contributed by atoms with Gasteiger partial charge in [-0.3, -0.25) is 4.79 Å². The van der Waals surface area contributed by atoms with Gasteiger partial charge in [-0.2, -0.15) is 4.31 Å². The van der Waals surface area contributed by atoms with Crippen molar-refractivity contribution in [3.63, 3.8) is 0 Å². The van der Waals surface area contributed by atoms with E-state index >= 15 is 0 Å². The maximum absolute atomic E-state index is 12.5. The lowest BCUT2D eigenvalue weighted by molar-refractivity contribution is -0.131. The Bertz CT molecular complexity index is 610. The zero-order valence-corrected chi connectivity index (χ0v) is 11.6. The number of hydrogen-bond acceptors (Lipinski definition) is 4. The highest BCUT2D eigenvalue weighted by Gasteiger charge is 2.44. The van der Waals surface area contributed by atoms with E-state index in [0.717, 1.165) is 4.31 Å². The average Bonchev–Trinajstić information content (AvgIpc) is 2.32. The zero-order valence-electron chi connectivity index (χ0n) is 10.8. The lowest BCUT2D eigenvalue weighted by Crippen LogP contribution is -2.63. The molecule has 2 N–H and O–H groups in total. The number of amides is 1. The van der Waals surface area contributed by atoms with Crippen LogP contribution in [0.4, 0.5) is 0 Å². The minimum absolute atomic E-state index is 0.0183. The van der Waals surface area contributed by atoms with Crippen molar-refractivity contribution in [1.29, 1.82) is 0 Å². The molecule has 0 aliphatic carbocycles. The number of benzene rings is 1. The number of nitrogens with one attached hydrogen (secondary N) is 1. The third-order valence-electron chi connectivity index (χ3n) is 3.19. The lowest BCUT2D eigenvalue weighted by Gasteiger charge is -2.39. The maximum atomic E-state index is 12.5. The molecule has 0 radical (unpaired) electrons. The number of piperazine rings is 1. The smallest absolute Gasteiger partial charge is 0.244 e. The molecule has 0 saturated carbocycles. The van der Waals surface area contributed by atoms with E-state index in [9.17, 15) is 18.3 Å². The van der Waals surface area contributed by atoms with Crippen LogP contribution < -0.4 is 5.32 Å². The number of phenols is 1. The summed E-state index contributed by atoms with van der Waals surface area (Å²) in [7, 11) is -3.81. The van der Waals surface area contributed by atoms with Crippen LogP contribution >= 0.6 is 0 Å². The van der Waals surface area contributed by atoms with E-state index in [-0.39, 0.29) is 29.6 Å². The van der Waals surface area contributed by atoms with E-state index in [0.29, 0.717) is 0 Å². The van der Waals surface area contributed by atoms with Crippen molar-refractivity contribution in [3.8, 4) is 5.75 Å². The predicted molar refractivity (Wildman–Crippen MR) is 69.1 cm³/mol. The summed E-state index contributed by atoms with van der Waals surface area (Å²) in [4.78, 5) is 11.8. The number of carbonyl (C=O) groups excluding carboxylic acids is 1. The molecule has 0 aromatic heterocycles. The Kier molecular flexibility index (Phi) is 3.27. The van der Waals surface area contributed by atoms with E-state index in [1.807, 2.05) is 0 Å². The highest BCUT2D eigenvalue weighted by atomic mass is 32.2. The van der Waals surface area contributed by atoms with Gasteiger partial charge in [-0.15, -0.1) is 0 Å². The first-order valence-electron chi connectivity index (χ1n) is 5.86. The van der Waals surface area contributed by atoms with Gasteiger partial charge in [0.15, 0.2) is 0 Å². The molecule has 1 saturated heterocycles. The fourth-order valence-corrected chi connectivity index (χ4v) is 3.86. The monoisotopic (exact) mass is 284 g/mol. The van der Waals surface area contributed by atoms with Gasteiger partial charge in [0.2, 0.25) is 15.9 Å². The van der Waals surface area contributed by atoms with E-state index in [1.165, 1.54) is 24.3 Å². The Morgan fingerprint density at radius 3 is 2.68 bits per heavy atom. The standard InChI is InChI=1S/C12H16N2O4S/c1-12(2)11(16)13-6-7-14(12)19(17,18)10-5-3-4-9(15)8-10/h3-5,8,15H,6-7H2,1-2H3,(H,13,16). The molecular weight excluding hydrogens is 268 g/mol. The molecule has 1 aliphatic rings. The van der Waals surface area contributed by atoms with Crippen LogP contribution in [0.3, 0.4) is 0 Å². The highest BCUT2D eigenvalue weighted by Crippen LogP contribution is 2.27. The van der Waals surface area contributed by atoms with Crippen molar-refractivity contribution >= 4 is 15.9 Å². The van der Waals surface area contributed by atoms with E-state index in [1.54, 1.807) is 13.8 Å². The van der Waals surface area contributed by atoms with Crippen molar-refractivity contribution in [2.45, 2.75) is 24.3 Å². The number of rotatable bonds is 2. The van der Waals surface area contributed by atoms with Gasteiger partial charge in [-0.1, -0.05) is 6.07 Å². The first kappa shape index (κ1) is 13.8. The van der Waals surface area contributed by atoms with E-state index in [4.69, 9.17) is 0 Å². The fraction of sp³-hybridized carbons (Fsp3) is 0.417. The summed E-state index contributed by atoms with van der Waals surface area (Å²) in [5, 5.41) is 12.0. The van der Waals surface area contributed by atoms with Crippen LogP contribution in [0.25, 0.3) is 0 Å². The molecule has 1 aliphatic heterocycles. The molecule has 6 nitrogen and oxygen atoms in total. The van der Waals surface area contributed by atoms with E-state index in [2.05, 4.69) is 5.32 Å². The minimum Gasteiger partial charge on any atom is -0.508 e. The van der Waals surface area contributed by atoms with Gasteiger partial charge in [0.25, 0.3) is 0 Å². The summed E-state index contributed by atoms with van der Waals surface area (Å²) in [6.07, 6.45) is 0. The van der Waals surface area contributed by atoms with Crippen molar-refractivity contribution < 1.29 is 18.3 Å². The molecule has 1 amide bonds. The number of sulfonamides is 1. The number of nitrogens with zero attached hydrogens (tertiary/aromatic N) is 1. The van der Waals surface area contributed by atoms with Gasteiger partial charge in [-0.05, 0) is 32.0 Å². The maximum Gasteiger partial charge on any atom is 0.244 e. The van der Waals surface area contributed by atoms with Gasteiger partial charge in [0.1, 0.15) is 11.3 Å². The van der Waals surface area contributed by atoms with Gasteiger partial charge in [0.05, 0.1) is 4.90 Å². The third kappa shape index (κ3) is 2.31. The Morgan fingerprint density at radius 2 is 2.05 bits per heavy atom. The van der Waals surface area contributed by atoms with Crippen LogP contribution in [0, 0.1) is 0 Å². The second kappa shape index (κ2) is 4.50. The molecule has 2 rings (SSSR count). The predicted octanol–water partition coefficient (Wildman–Crippen LogP) is 0.291. The normalized spacial score (nSPS) is 20.0. The molecule has 0 atom stereocenters. The number of phenolic OH excluding ortho intramolecular Hbond substituents is 1. The summed E-state index contributed by atoms with van der Waals surface area (Å²) in [5.41, 5.74) is -1.15. The summed E-state index contributed by atoms with van der Waals surface area (Å²) in [6, 6.07) is 5.43. The Hall–Kier alpha value is -1.60. The number of carbonyl (C=O) groups is 1. The molecular formula is C12H16N2O4S. The second-order valence-electron chi connectivity index (χ2n) is 4.89. The lowest BCUT2D eigenvalue weighted by atomic mass is 10.0. The first-order chi connectivity index (χ1) is 8.76. The molecule has 0 unspecified atom stereocenters. The van der Waals surface area contributed by atoms with Gasteiger partial charge in [-0.25, -0.2) is 8.42 Å². The third-order valence-corrected chi connectivity index (χ3v) is 5.25. The van der Waals surface area contributed by atoms with Crippen molar-refractivity contribution in [3.05, 3.63) is 24.3 Å². The Labute approximate surface area is 112 Å². The summed E-state index contributed by atoms with van der Waals surface area (Å²) in [5.74, 6) is -0.456. The van der Waals surface area contributed by atoms with Crippen LogP contribution in [0.1, 0.15) is 13.8 Å². The molecule has 1 heterocycles. The number of aromatic hydroxyl groups is 1. The SMILES string of the molecule is CC1(C)C(=O)NCCN1S(=O)(=O)c1cccc(O)c1. The summed E-state index contributed by atoms with van der Waals surface area (Å²) < 4.78 is 26.2. The average molecular weight is 284 g/mol. The van der Waals surface area contributed by atoms with Crippen molar-refractivity contribution in [2.75, 3.05) is 13.1 Å². The quantitative estimate of drug-likeness (QED) is 0.817. The Balaban J connectivity index is 2.47. The molecule has 0 spiro atoms. The van der Waals surface area contributed by atoms with Crippen molar-refractivity contribution in [1.82, 2.24) is 9.62 Å². The summed E-state index contributed by atoms with van der Waals surface area (Å²) in [6.45, 7) is 3.60. The van der Waals surface area contributed by atoms with Crippen LogP contribution in [0.15, 0.2) is 29.2 Å². The minimum atomic E-state index is -3.81. The second-order valence-corrected chi connectivity index (χ2v) is 6.75. The number of hydrogen-bond donors (Lipinski definition) is 2. The molecule has 1 aromatic rings. The summed E-state index contributed by atoms with van der Waals surface area (Å²) >= 11 is 0. The Morgan fingerprint density at radius 1 is 1.37 bits per heavy atom. The molecule has 0 bridgehead atoms. The fourth-order valence-electron chi connectivity index (χ4n) is 2.07. The van der Waals surface area contributed by atoms with Crippen LogP contribution in [-0.2, 0) is 14.8 Å². The first-order valence-corrected chi connectivity index (χ1v) is 7.30. The zero-order chi connectivity index (χ0) is 14.3. The largest absolute Gasteiger partial charge is 0.508 e. The van der Waals surface area contributed by atoms with Crippen LogP contribution in [-0.4, -0.2) is 42.4 Å². The molecule has 19 heavy (non-hydrogen) atoms. The molecule has 1 fully saturated rings. The molecule has 104 valence electrons. The van der Waals surface area contributed by atoms with Crippen molar-refractivity contribution in [2.24, 2.45) is 0 Å². The van der Waals surface area contributed by atoms with Gasteiger partial charge >= 0.3 is 0 Å².